The van der Waals surface area contributed by atoms with Gasteiger partial charge in [-0.15, -0.1) is 0 Å². The molecule has 3 heterocycles. The first-order valence-electron chi connectivity index (χ1n) is 7.29. The van der Waals surface area contributed by atoms with Gasteiger partial charge in [-0.1, -0.05) is 6.42 Å². The van der Waals surface area contributed by atoms with Gasteiger partial charge in [-0.05, 0) is 32.4 Å². The molecule has 0 radical (unpaired) electrons. The van der Waals surface area contributed by atoms with E-state index in [0.717, 1.165) is 18.9 Å². The van der Waals surface area contributed by atoms with Crippen molar-refractivity contribution in [2.45, 2.75) is 38.3 Å². The topological polar surface area (TPSA) is 44.3 Å². The quantitative estimate of drug-likeness (QED) is 0.875. The highest BCUT2D eigenvalue weighted by Gasteiger charge is 2.33. The first kappa shape index (κ1) is 12.7. The number of nitrogens with one attached hydrogen (secondary N) is 1. The van der Waals surface area contributed by atoms with E-state index in [0.29, 0.717) is 18.0 Å². The molecule has 19 heavy (non-hydrogen) atoms. The maximum Gasteiger partial charge on any atom is 0.224 e. The second-order valence-corrected chi connectivity index (χ2v) is 5.63. The lowest BCUT2D eigenvalue weighted by molar-refractivity contribution is 0.115. The Bertz CT molecular complexity index is 436. The van der Waals surface area contributed by atoms with Crippen molar-refractivity contribution < 1.29 is 0 Å². The summed E-state index contributed by atoms with van der Waals surface area (Å²) in [4.78, 5) is 13.9. The Morgan fingerprint density at radius 3 is 3.05 bits per heavy atom. The molecule has 2 aliphatic heterocycles. The van der Waals surface area contributed by atoms with Crippen molar-refractivity contribution in [3.8, 4) is 0 Å². The predicted molar refractivity (Wildman–Crippen MR) is 77.6 cm³/mol. The van der Waals surface area contributed by atoms with Gasteiger partial charge in [0.1, 0.15) is 5.82 Å². The van der Waals surface area contributed by atoms with Crippen LogP contribution < -0.4 is 10.2 Å². The molecule has 1 aromatic rings. The molecule has 1 N–H and O–H groups in total. The minimum atomic E-state index is 0.522. The van der Waals surface area contributed by atoms with Crippen molar-refractivity contribution in [1.82, 2.24) is 14.9 Å². The van der Waals surface area contributed by atoms with E-state index in [-0.39, 0.29) is 0 Å². The number of hydrogen-bond acceptors (Lipinski definition) is 5. The molecule has 5 heteroatoms. The number of piperazine rings is 1. The molecule has 5 nitrogen and oxygen atoms in total. The number of nitrogens with zero attached hydrogens (tertiary/aromatic N) is 4. The molecule has 0 bridgehead atoms. The van der Waals surface area contributed by atoms with E-state index in [1.54, 1.807) is 0 Å². The molecular weight excluding hydrogens is 238 g/mol. The van der Waals surface area contributed by atoms with Gasteiger partial charge in [-0.3, -0.25) is 4.90 Å². The predicted octanol–water partition coefficient (Wildman–Crippen LogP) is 1.58. The van der Waals surface area contributed by atoms with E-state index >= 15 is 0 Å². The molecule has 0 spiro atoms. The van der Waals surface area contributed by atoms with Crippen LogP contribution in [-0.4, -0.2) is 53.6 Å². The van der Waals surface area contributed by atoms with E-state index < -0.39 is 0 Å². The van der Waals surface area contributed by atoms with E-state index in [9.17, 15) is 0 Å². The molecule has 2 aliphatic rings. The fraction of sp³-hybridized carbons (Fsp3) is 0.714. The molecule has 0 aliphatic carbocycles. The summed E-state index contributed by atoms with van der Waals surface area (Å²) >= 11 is 0. The van der Waals surface area contributed by atoms with Crippen LogP contribution in [0.3, 0.4) is 0 Å². The monoisotopic (exact) mass is 261 g/mol. The zero-order valence-corrected chi connectivity index (χ0v) is 11.8. The number of rotatable bonds is 2. The normalized spacial score (nSPS) is 28.0. The average Bonchev–Trinajstić information content (AvgIpc) is 2.46. The maximum atomic E-state index is 4.59. The lowest BCUT2D eigenvalue weighted by Gasteiger charge is -2.48. The number of fused-ring (bicyclic) bond motifs is 1. The highest BCUT2D eigenvalue weighted by molar-refractivity contribution is 5.44. The Morgan fingerprint density at radius 1 is 1.32 bits per heavy atom. The second-order valence-electron chi connectivity index (χ2n) is 5.63. The molecule has 0 amide bonds. The Morgan fingerprint density at radius 2 is 2.21 bits per heavy atom. The molecule has 3 rings (SSSR count). The van der Waals surface area contributed by atoms with E-state index in [1.807, 2.05) is 19.3 Å². The summed E-state index contributed by atoms with van der Waals surface area (Å²) in [7, 11) is 1.86. The lowest BCUT2D eigenvalue weighted by Crippen LogP contribution is -2.59. The Hall–Kier alpha value is -1.36. The van der Waals surface area contributed by atoms with Gasteiger partial charge in [-0.25, -0.2) is 4.98 Å². The minimum Gasteiger partial charge on any atom is -0.357 e. The molecule has 104 valence electrons. The average molecular weight is 261 g/mol. The van der Waals surface area contributed by atoms with Gasteiger partial charge in [0, 0.05) is 38.4 Å². The molecule has 2 atom stereocenters. The van der Waals surface area contributed by atoms with Crippen LogP contribution in [0.1, 0.15) is 26.2 Å². The summed E-state index contributed by atoms with van der Waals surface area (Å²) in [5.41, 5.74) is 0. The van der Waals surface area contributed by atoms with Gasteiger partial charge < -0.3 is 10.2 Å². The third-order valence-electron chi connectivity index (χ3n) is 4.35. The van der Waals surface area contributed by atoms with Crippen molar-refractivity contribution >= 4 is 11.8 Å². The Balaban J connectivity index is 1.79. The van der Waals surface area contributed by atoms with Crippen LogP contribution in [0.5, 0.6) is 0 Å². The zero-order valence-electron chi connectivity index (χ0n) is 11.8. The molecule has 2 fully saturated rings. The lowest BCUT2D eigenvalue weighted by atomic mass is 9.97. The molecule has 0 saturated carbocycles. The van der Waals surface area contributed by atoms with Crippen molar-refractivity contribution in [1.29, 1.82) is 0 Å². The van der Waals surface area contributed by atoms with Crippen LogP contribution in [0.25, 0.3) is 0 Å². The van der Waals surface area contributed by atoms with Gasteiger partial charge in [-0.2, -0.15) is 4.98 Å². The SMILES string of the molecule is CNc1nccc(N2CC3CCCCN3CC2C)n1. The van der Waals surface area contributed by atoms with Gasteiger partial charge in [0.05, 0.1) is 0 Å². The van der Waals surface area contributed by atoms with Gasteiger partial charge in [0.25, 0.3) is 0 Å². The summed E-state index contributed by atoms with van der Waals surface area (Å²) in [6.07, 6.45) is 5.90. The van der Waals surface area contributed by atoms with E-state index in [4.69, 9.17) is 0 Å². The number of aromatic nitrogens is 2. The fourth-order valence-electron chi connectivity index (χ4n) is 3.30. The summed E-state index contributed by atoms with van der Waals surface area (Å²) in [5, 5.41) is 3.02. The summed E-state index contributed by atoms with van der Waals surface area (Å²) in [6, 6.07) is 3.25. The van der Waals surface area contributed by atoms with Crippen LogP contribution in [0.4, 0.5) is 11.8 Å². The minimum absolute atomic E-state index is 0.522. The van der Waals surface area contributed by atoms with E-state index in [2.05, 4.69) is 32.0 Å². The van der Waals surface area contributed by atoms with Gasteiger partial charge in [0.2, 0.25) is 5.95 Å². The molecule has 1 aromatic heterocycles. The molecule has 2 saturated heterocycles. The number of piperidine rings is 1. The second kappa shape index (κ2) is 5.33. The highest BCUT2D eigenvalue weighted by Crippen LogP contribution is 2.27. The molecule has 0 aromatic carbocycles. The van der Waals surface area contributed by atoms with Crippen LogP contribution in [-0.2, 0) is 0 Å². The van der Waals surface area contributed by atoms with E-state index in [1.165, 1.54) is 25.8 Å². The number of hydrogen-bond donors (Lipinski definition) is 1. The standard InChI is InChI=1S/C14H23N5/c1-11-9-18-8-4-3-5-12(18)10-19(11)13-6-7-16-14(15-2)17-13/h6-7,11-12H,3-5,8-10H2,1-2H3,(H,15,16,17). The van der Waals surface area contributed by atoms with Crippen LogP contribution in [0.15, 0.2) is 12.3 Å². The van der Waals surface area contributed by atoms with Crippen molar-refractivity contribution in [3.05, 3.63) is 12.3 Å². The Kier molecular flexibility index (Phi) is 3.55. The maximum absolute atomic E-state index is 4.59. The van der Waals surface area contributed by atoms with Gasteiger partial charge in [0.15, 0.2) is 0 Å². The third-order valence-corrected chi connectivity index (χ3v) is 4.35. The van der Waals surface area contributed by atoms with Crippen LogP contribution in [0.2, 0.25) is 0 Å². The summed E-state index contributed by atoms with van der Waals surface area (Å²) in [6.45, 7) is 5.82. The third kappa shape index (κ3) is 2.52. The van der Waals surface area contributed by atoms with Gasteiger partial charge >= 0.3 is 0 Å². The van der Waals surface area contributed by atoms with Crippen molar-refractivity contribution in [2.75, 3.05) is 36.9 Å². The summed E-state index contributed by atoms with van der Waals surface area (Å²) < 4.78 is 0. The smallest absolute Gasteiger partial charge is 0.224 e. The van der Waals surface area contributed by atoms with Crippen molar-refractivity contribution in [3.63, 3.8) is 0 Å². The van der Waals surface area contributed by atoms with Crippen molar-refractivity contribution in [2.24, 2.45) is 0 Å². The Labute approximate surface area is 115 Å². The zero-order chi connectivity index (χ0) is 13.2. The van der Waals surface area contributed by atoms with Crippen LogP contribution in [0, 0.1) is 0 Å². The first-order chi connectivity index (χ1) is 9.28. The summed E-state index contributed by atoms with van der Waals surface area (Å²) in [5.74, 6) is 1.76. The fourth-order valence-corrected chi connectivity index (χ4v) is 3.30. The molecule has 2 unspecified atom stereocenters. The highest BCUT2D eigenvalue weighted by atomic mass is 15.3. The number of anilines is 2. The van der Waals surface area contributed by atoms with Crippen LogP contribution >= 0.6 is 0 Å². The first-order valence-corrected chi connectivity index (χ1v) is 7.29. The largest absolute Gasteiger partial charge is 0.357 e. The molecular formula is C14H23N5.